The number of rotatable bonds is 5. The van der Waals surface area contributed by atoms with Crippen LogP contribution in [0.5, 0.6) is 0 Å². The van der Waals surface area contributed by atoms with Crippen LogP contribution >= 0.6 is 0 Å². The molecule has 2 aromatic heterocycles. The van der Waals surface area contributed by atoms with Crippen molar-refractivity contribution in [2.45, 2.75) is 39.3 Å². The summed E-state index contributed by atoms with van der Waals surface area (Å²) in [6.07, 6.45) is 7.09. The Morgan fingerprint density at radius 3 is 2.73 bits per heavy atom. The molecule has 0 unspecified atom stereocenters. The van der Waals surface area contributed by atoms with Crippen LogP contribution in [0.1, 0.15) is 37.6 Å². The summed E-state index contributed by atoms with van der Waals surface area (Å²) in [6, 6.07) is 10.1. The largest absolute Gasteiger partial charge is 0.347 e. The van der Waals surface area contributed by atoms with Crippen molar-refractivity contribution in [1.29, 1.82) is 5.26 Å². The molecule has 0 aliphatic rings. The Morgan fingerprint density at radius 1 is 1.14 bits per heavy atom. The summed E-state index contributed by atoms with van der Waals surface area (Å²) in [4.78, 5) is 4.43. The Morgan fingerprint density at radius 2 is 1.95 bits per heavy atom. The van der Waals surface area contributed by atoms with Crippen LogP contribution in [-0.4, -0.2) is 14.1 Å². The molecule has 3 rings (SSSR count). The number of nitrogens with zero attached hydrogens (tertiary/aromatic N) is 4. The molecule has 0 bridgehead atoms. The summed E-state index contributed by atoms with van der Waals surface area (Å²) in [5, 5.41) is 10.1. The van der Waals surface area contributed by atoms with E-state index in [2.05, 4.69) is 52.5 Å². The lowest BCUT2D eigenvalue weighted by Crippen LogP contribution is -2.07. The van der Waals surface area contributed by atoms with Gasteiger partial charge < -0.3 is 9.13 Å². The highest BCUT2D eigenvalue weighted by Gasteiger charge is 2.07. The molecule has 1 aromatic carbocycles. The normalized spacial score (nSPS) is 11.2. The highest BCUT2D eigenvalue weighted by atomic mass is 15.1. The van der Waals surface area contributed by atoms with Crippen molar-refractivity contribution in [2.75, 3.05) is 0 Å². The monoisotopic (exact) mass is 292 g/mol. The van der Waals surface area contributed by atoms with E-state index < -0.39 is 0 Å². The maximum absolute atomic E-state index is 8.96. The Bertz CT molecular complexity index is 817. The number of hydrogen-bond acceptors (Lipinski definition) is 2. The van der Waals surface area contributed by atoms with E-state index in [1.54, 1.807) is 0 Å². The number of aryl methyl sites for hydroxylation is 2. The first-order valence-electron chi connectivity index (χ1n) is 7.69. The molecule has 0 atom stereocenters. The number of fused-ring (bicyclic) bond motifs is 1. The zero-order valence-electron chi connectivity index (χ0n) is 13.0. The van der Waals surface area contributed by atoms with E-state index in [9.17, 15) is 0 Å². The average molecular weight is 292 g/mol. The van der Waals surface area contributed by atoms with Crippen molar-refractivity contribution in [3.05, 3.63) is 54.2 Å². The first kappa shape index (κ1) is 14.4. The summed E-state index contributed by atoms with van der Waals surface area (Å²) in [7, 11) is 0. The lowest BCUT2D eigenvalue weighted by molar-refractivity contribution is 0.545. The molecule has 2 heterocycles. The minimum Gasteiger partial charge on any atom is -0.347 e. The molecule has 0 saturated carbocycles. The molecule has 0 radical (unpaired) electrons. The highest BCUT2D eigenvalue weighted by molar-refractivity contribution is 5.81. The lowest BCUT2D eigenvalue weighted by Gasteiger charge is -2.11. The van der Waals surface area contributed by atoms with Gasteiger partial charge in [-0.2, -0.15) is 5.26 Å². The van der Waals surface area contributed by atoms with Crippen LogP contribution in [0.3, 0.4) is 0 Å². The third-order valence-electron chi connectivity index (χ3n) is 3.96. The van der Waals surface area contributed by atoms with Crippen molar-refractivity contribution >= 4 is 10.9 Å². The third-order valence-corrected chi connectivity index (χ3v) is 3.96. The number of hydrogen-bond donors (Lipinski definition) is 0. The average Bonchev–Trinajstić information content (AvgIpc) is 3.14. The van der Waals surface area contributed by atoms with Crippen molar-refractivity contribution in [3.8, 4) is 6.07 Å². The smallest absolute Gasteiger partial charge is 0.111 e. The molecule has 0 N–H and O–H groups in total. The maximum Gasteiger partial charge on any atom is 0.111 e. The summed E-state index contributed by atoms with van der Waals surface area (Å²) >= 11 is 0. The van der Waals surface area contributed by atoms with E-state index in [-0.39, 0.29) is 0 Å². The van der Waals surface area contributed by atoms with Gasteiger partial charge in [-0.3, -0.25) is 0 Å². The van der Waals surface area contributed by atoms with E-state index >= 15 is 0 Å². The van der Waals surface area contributed by atoms with Gasteiger partial charge in [0.05, 0.1) is 11.6 Å². The Labute approximate surface area is 130 Å². The van der Waals surface area contributed by atoms with Crippen molar-refractivity contribution < 1.29 is 0 Å². The van der Waals surface area contributed by atoms with Crippen molar-refractivity contribution in [2.24, 2.45) is 0 Å². The van der Waals surface area contributed by atoms with Crippen LogP contribution in [0.4, 0.5) is 0 Å². The fourth-order valence-corrected chi connectivity index (χ4v) is 2.89. The molecule has 0 fully saturated rings. The van der Waals surface area contributed by atoms with Gasteiger partial charge in [-0.05, 0) is 30.7 Å². The standard InChI is InChI=1S/C18H20N4/c1-14(2)18-20-7-11-22(18)9-3-8-21-10-6-16-12-15(13-19)4-5-17(16)21/h4-7,10-12,14H,3,8-9H2,1-2H3. The molecule has 0 aliphatic carbocycles. The quantitative estimate of drug-likeness (QED) is 0.715. The molecular formula is C18H20N4. The number of aromatic nitrogens is 3. The topological polar surface area (TPSA) is 46.5 Å². The minimum absolute atomic E-state index is 0.451. The molecule has 3 aromatic rings. The van der Waals surface area contributed by atoms with Gasteiger partial charge in [0.2, 0.25) is 0 Å². The van der Waals surface area contributed by atoms with Crippen LogP contribution in [0.2, 0.25) is 0 Å². The molecule has 4 heteroatoms. The van der Waals surface area contributed by atoms with Gasteiger partial charge >= 0.3 is 0 Å². The van der Waals surface area contributed by atoms with Gasteiger partial charge in [0, 0.05) is 48.5 Å². The van der Waals surface area contributed by atoms with E-state index in [4.69, 9.17) is 5.26 Å². The second-order valence-corrected chi connectivity index (χ2v) is 5.88. The van der Waals surface area contributed by atoms with Crippen molar-refractivity contribution in [1.82, 2.24) is 14.1 Å². The Hall–Kier alpha value is -2.54. The molecule has 22 heavy (non-hydrogen) atoms. The van der Waals surface area contributed by atoms with Crippen LogP contribution in [-0.2, 0) is 13.1 Å². The van der Waals surface area contributed by atoms with Gasteiger partial charge in [0.1, 0.15) is 5.82 Å². The molecule has 4 nitrogen and oxygen atoms in total. The van der Waals surface area contributed by atoms with Crippen molar-refractivity contribution in [3.63, 3.8) is 0 Å². The van der Waals surface area contributed by atoms with Gasteiger partial charge in [0.15, 0.2) is 0 Å². The first-order chi connectivity index (χ1) is 10.7. The van der Waals surface area contributed by atoms with Gasteiger partial charge in [-0.15, -0.1) is 0 Å². The van der Waals surface area contributed by atoms with Crippen LogP contribution in [0, 0.1) is 11.3 Å². The minimum atomic E-state index is 0.451. The first-order valence-corrected chi connectivity index (χ1v) is 7.69. The Kier molecular flexibility index (Phi) is 3.97. The molecule has 0 saturated heterocycles. The van der Waals surface area contributed by atoms with E-state index in [1.807, 2.05) is 24.4 Å². The number of imidazole rings is 1. The molecular weight excluding hydrogens is 272 g/mol. The summed E-state index contributed by atoms with van der Waals surface area (Å²) in [5.41, 5.74) is 1.90. The van der Waals surface area contributed by atoms with Gasteiger partial charge in [-0.1, -0.05) is 13.8 Å². The fraction of sp³-hybridized carbons (Fsp3) is 0.333. The van der Waals surface area contributed by atoms with Crippen LogP contribution in [0.15, 0.2) is 42.9 Å². The van der Waals surface area contributed by atoms with E-state index in [1.165, 1.54) is 5.52 Å². The van der Waals surface area contributed by atoms with Gasteiger partial charge in [-0.25, -0.2) is 4.98 Å². The zero-order chi connectivity index (χ0) is 15.5. The molecule has 0 aliphatic heterocycles. The van der Waals surface area contributed by atoms with E-state index in [0.29, 0.717) is 11.5 Å². The molecule has 112 valence electrons. The fourth-order valence-electron chi connectivity index (χ4n) is 2.89. The SMILES string of the molecule is CC(C)c1nccn1CCCn1ccc2cc(C#N)ccc21. The second kappa shape index (κ2) is 6.07. The summed E-state index contributed by atoms with van der Waals surface area (Å²) in [5.74, 6) is 1.60. The summed E-state index contributed by atoms with van der Waals surface area (Å²) < 4.78 is 4.49. The van der Waals surface area contributed by atoms with Gasteiger partial charge in [0.25, 0.3) is 0 Å². The number of nitriles is 1. The Balaban J connectivity index is 1.69. The second-order valence-electron chi connectivity index (χ2n) is 5.88. The predicted octanol–water partition coefficient (Wildman–Crippen LogP) is 3.92. The molecule has 0 spiro atoms. The zero-order valence-corrected chi connectivity index (χ0v) is 13.0. The highest BCUT2D eigenvalue weighted by Crippen LogP contribution is 2.18. The molecule has 0 amide bonds. The van der Waals surface area contributed by atoms with Crippen LogP contribution < -0.4 is 0 Å². The predicted molar refractivity (Wildman–Crippen MR) is 87.6 cm³/mol. The number of benzene rings is 1. The third kappa shape index (κ3) is 2.75. The maximum atomic E-state index is 8.96. The summed E-state index contributed by atoms with van der Waals surface area (Å²) in [6.45, 7) is 6.28. The van der Waals surface area contributed by atoms with Crippen LogP contribution in [0.25, 0.3) is 10.9 Å². The lowest BCUT2D eigenvalue weighted by atomic mass is 10.2. The van der Waals surface area contributed by atoms with E-state index in [0.717, 1.165) is 30.7 Å².